The number of carbonyl (C=O) groups excluding carboxylic acids is 1. The maximum Gasteiger partial charge on any atom is 0.237 e. The summed E-state index contributed by atoms with van der Waals surface area (Å²) >= 11 is 0. The predicted octanol–water partition coefficient (Wildman–Crippen LogP) is 2.67. The zero-order valence-electron chi connectivity index (χ0n) is 12.2. The molecule has 0 aromatic heterocycles. The van der Waals surface area contributed by atoms with Crippen molar-refractivity contribution in [2.45, 2.75) is 45.7 Å². The summed E-state index contributed by atoms with van der Waals surface area (Å²) in [5.41, 5.74) is 6.46. The van der Waals surface area contributed by atoms with Crippen LogP contribution in [0, 0.1) is 11.7 Å². The molecule has 3 atom stereocenters. The van der Waals surface area contributed by atoms with Crippen molar-refractivity contribution in [3.05, 3.63) is 35.6 Å². The Balaban J connectivity index is 0.00000361. The molecule has 0 saturated carbocycles. The molecule has 0 aliphatic heterocycles. The molecule has 114 valence electrons. The van der Waals surface area contributed by atoms with Crippen LogP contribution in [-0.2, 0) is 11.2 Å². The molecule has 0 aliphatic carbocycles. The molecule has 1 aromatic rings. The molecule has 0 heterocycles. The van der Waals surface area contributed by atoms with Gasteiger partial charge in [-0.1, -0.05) is 38.5 Å². The van der Waals surface area contributed by atoms with Crippen LogP contribution in [0.1, 0.15) is 32.8 Å². The van der Waals surface area contributed by atoms with Crippen LogP contribution in [0.25, 0.3) is 0 Å². The molecule has 1 rings (SSSR count). The molecular formula is C15H24ClFN2O. The molecule has 1 aromatic carbocycles. The van der Waals surface area contributed by atoms with Crippen molar-refractivity contribution < 1.29 is 9.18 Å². The molecule has 0 bridgehead atoms. The topological polar surface area (TPSA) is 55.1 Å². The Morgan fingerprint density at radius 2 is 1.95 bits per heavy atom. The zero-order valence-corrected chi connectivity index (χ0v) is 13.0. The molecule has 0 aliphatic rings. The smallest absolute Gasteiger partial charge is 0.237 e. The first kappa shape index (κ1) is 18.9. The molecule has 3 N–H and O–H groups in total. The Labute approximate surface area is 126 Å². The third-order valence-corrected chi connectivity index (χ3v) is 3.43. The highest BCUT2D eigenvalue weighted by Crippen LogP contribution is 2.10. The average molecular weight is 303 g/mol. The van der Waals surface area contributed by atoms with Crippen LogP contribution in [0.3, 0.4) is 0 Å². The zero-order chi connectivity index (χ0) is 14.4. The van der Waals surface area contributed by atoms with Crippen molar-refractivity contribution in [1.82, 2.24) is 5.32 Å². The van der Waals surface area contributed by atoms with Gasteiger partial charge in [0.25, 0.3) is 0 Å². The van der Waals surface area contributed by atoms with Crippen molar-refractivity contribution in [2.24, 2.45) is 11.7 Å². The van der Waals surface area contributed by atoms with Crippen molar-refractivity contribution in [2.75, 3.05) is 0 Å². The van der Waals surface area contributed by atoms with Gasteiger partial charge in [-0.2, -0.15) is 0 Å². The number of carbonyl (C=O) groups is 1. The van der Waals surface area contributed by atoms with Crippen LogP contribution >= 0.6 is 12.4 Å². The van der Waals surface area contributed by atoms with Gasteiger partial charge >= 0.3 is 0 Å². The highest BCUT2D eigenvalue weighted by molar-refractivity contribution is 5.85. The number of amides is 1. The second-order valence-electron chi connectivity index (χ2n) is 5.12. The summed E-state index contributed by atoms with van der Waals surface area (Å²) in [6.07, 6.45) is 1.32. The van der Waals surface area contributed by atoms with Crippen LogP contribution in [0.2, 0.25) is 0 Å². The maximum atomic E-state index is 13.5. The molecule has 1 amide bonds. The van der Waals surface area contributed by atoms with Gasteiger partial charge in [0.05, 0.1) is 6.04 Å². The maximum absolute atomic E-state index is 13.5. The van der Waals surface area contributed by atoms with E-state index in [1.165, 1.54) is 6.07 Å². The fraction of sp³-hybridized carbons (Fsp3) is 0.533. The monoisotopic (exact) mass is 302 g/mol. The number of rotatable bonds is 6. The molecular weight excluding hydrogens is 279 g/mol. The number of hydrogen-bond acceptors (Lipinski definition) is 2. The Kier molecular flexibility index (Phi) is 8.42. The lowest BCUT2D eigenvalue weighted by Crippen LogP contribution is -2.48. The summed E-state index contributed by atoms with van der Waals surface area (Å²) < 4.78 is 13.5. The second kappa shape index (κ2) is 8.93. The Morgan fingerprint density at radius 1 is 1.35 bits per heavy atom. The molecule has 3 nitrogen and oxygen atoms in total. The number of hydrogen-bond donors (Lipinski definition) is 2. The minimum atomic E-state index is -0.506. The predicted molar refractivity (Wildman–Crippen MR) is 82.4 cm³/mol. The van der Waals surface area contributed by atoms with E-state index in [2.05, 4.69) is 5.32 Å². The minimum absolute atomic E-state index is 0. The van der Waals surface area contributed by atoms with Crippen molar-refractivity contribution in [3.8, 4) is 0 Å². The Hall–Kier alpha value is -1.13. The van der Waals surface area contributed by atoms with Gasteiger partial charge in [0.2, 0.25) is 5.91 Å². The fourth-order valence-corrected chi connectivity index (χ4v) is 1.90. The summed E-state index contributed by atoms with van der Waals surface area (Å²) in [4.78, 5) is 11.9. The standard InChI is InChI=1S/C15H23FN2O.ClH/c1-4-10(2)14(17)15(19)18-11(3)9-12-7-5-6-8-13(12)16;/h5-8,10-11,14H,4,9,17H2,1-3H3,(H,18,19);1H. The van der Waals surface area contributed by atoms with Crippen LogP contribution in [0.5, 0.6) is 0 Å². The van der Waals surface area contributed by atoms with Crippen molar-refractivity contribution >= 4 is 18.3 Å². The summed E-state index contributed by atoms with van der Waals surface area (Å²) in [7, 11) is 0. The van der Waals surface area contributed by atoms with E-state index < -0.39 is 6.04 Å². The third-order valence-electron chi connectivity index (χ3n) is 3.43. The summed E-state index contributed by atoms with van der Waals surface area (Å²) in [6, 6.07) is 5.95. The van der Waals surface area contributed by atoms with Crippen LogP contribution in [-0.4, -0.2) is 18.0 Å². The highest BCUT2D eigenvalue weighted by Gasteiger charge is 2.21. The number of nitrogens with two attached hydrogens (primary N) is 1. The van der Waals surface area contributed by atoms with E-state index in [-0.39, 0.29) is 36.1 Å². The Bertz CT molecular complexity index is 428. The average Bonchev–Trinajstić information content (AvgIpc) is 2.39. The molecule has 0 fully saturated rings. The molecule has 5 heteroatoms. The number of halogens is 2. The minimum Gasteiger partial charge on any atom is -0.352 e. The first-order valence-electron chi connectivity index (χ1n) is 6.75. The fourth-order valence-electron chi connectivity index (χ4n) is 1.90. The quantitative estimate of drug-likeness (QED) is 0.849. The summed E-state index contributed by atoms with van der Waals surface area (Å²) in [6.45, 7) is 5.81. The number of nitrogens with one attached hydrogen (secondary N) is 1. The van der Waals surface area contributed by atoms with E-state index in [1.807, 2.05) is 20.8 Å². The number of benzene rings is 1. The first-order valence-corrected chi connectivity index (χ1v) is 6.75. The molecule has 0 radical (unpaired) electrons. The van der Waals surface area contributed by atoms with Gasteiger partial charge in [-0.25, -0.2) is 4.39 Å². The summed E-state index contributed by atoms with van der Waals surface area (Å²) in [5, 5.41) is 2.84. The van der Waals surface area contributed by atoms with Crippen LogP contribution < -0.4 is 11.1 Å². The van der Waals surface area contributed by atoms with Gasteiger partial charge in [-0.3, -0.25) is 4.79 Å². The Morgan fingerprint density at radius 3 is 2.50 bits per heavy atom. The van der Waals surface area contributed by atoms with E-state index >= 15 is 0 Å². The van der Waals surface area contributed by atoms with Crippen molar-refractivity contribution in [3.63, 3.8) is 0 Å². The lowest BCUT2D eigenvalue weighted by molar-refractivity contribution is -0.124. The van der Waals surface area contributed by atoms with Crippen LogP contribution in [0.4, 0.5) is 4.39 Å². The molecule has 3 unspecified atom stereocenters. The van der Waals surface area contributed by atoms with E-state index in [0.717, 1.165) is 6.42 Å². The van der Waals surface area contributed by atoms with Gasteiger partial charge in [-0.05, 0) is 30.9 Å². The largest absolute Gasteiger partial charge is 0.352 e. The molecule has 0 saturated heterocycles. The van der Waals surface area contributed by atoms with Crippen LogP contribution in [0.15, 0.2) is 24.3 Å². The van der Waals surface area contributed by atoms with E-state index in [9.17, 15) is 9.18 Å². The van der Waals surface area contributed by atoms with Gasteiger partial charge in [-0.15, -0.1) is 12.4 Å². The molecule has 20 heavy (non-hydrogen) atoms. The van der Waals surface area contributed by atoms with E-state index in [4.69, 9.17) is 5.73 Å². The van der Waals surface area contributed by atoms with Gasteiger partial charge in [0.1, 0.15) is 5.82 Å². The third kappa shape index (κ3) is 5.47. The lowest BCUT2D eigenvalue weighted by Gasteiger charge is -2.21. The first-order chi connectivity index (χ1) is 8.95. The van der Waals surface area contributed by atoms with E-state index in [1.54, 1.807) is 18.2 Å². The lowest BCUT2D eigenvalue weighted by atomic mass is 9.98. The van der Waals surface area contributed by atoms with Crippen molar-refractivity contribution in [1.29, 1.82) is 0 Å². The van der Waals surface area contributed by atoms with Gasteiger partial charge in [0.15, 0.2) is 0 Å². The second-order valence-corrected chi connectivity index (χ2v) is 5.12. The normalized spacial score (nSPS) is 14.8. The van der Waals surface area contributed by atoms with Gasteiger partial charge in [0, 0.05) is 6.04 Å². The van der Waals surface area contributed by atoms with E-state index in [0.29, 0.717) is 12.0 Å². The SMILES string of the molecule is CCC(C)C(N)C(=O)NC(C)Cc1ccccc1F.Cl. The molecule has 0 spiro atoms. The summed E-state index contributed by atoms with van der Waals surface area (Å²) in [5.74, 6) is -0.270. The van der Waals surface area contributed by atoms with Gasteiger partial charge < -0.3 is 11.1 Å². The highest BCUT2D eigenvalue weighted by atomic mass is 35.5.